The van der Waals surface area contributed by atoms with E-state index in [9.17, 15) is 18.3 Å². The molecule has 0 aromatic heterocycles. The predicted molar refractivity (Wildman–Crippen MR) is 105 cm³/mol. The minimum absolute atomic E-state index is 0.0270. The summed E-state index contributed by atoms with van der Waals surface area (Å²) in [5.74, 6) is 0.534. The maximum absolute atomic E-state index is 12.3. The van der Waals surface area contributed by atoms with Crippen LogP contribution in [0.4, 0.5) is 13.2 Å². The number of rotatable bonds is 7. The van der Waals surface area contributed by atoms with E-state index in [1.807, 2.05) is 24.3 Å². The van der Waals surface area contributed by atoms with E-state index in [1.54, 1.807) is 12.1 Å². The first-order valence-corrected chi connectivity index (χ1v) is 9.30. The number of ether oxygens (including phenoxy) is 2. The van der Waals surface area contributed by atoms with Crippen molar-refractivity contribution in [1.82, 2.24) is 0 Å². The summed E-state index contributed by atoms with van der Waals surface area (Å²) in [7, 11) is 0. The number of halogens is 3. The molecule has 29 heavy (non-hydrogen) atoms. The molecule has 0 amide bonds. The number of aryl methyl sites for hydroxylation is 1. The molecule has 3 rings (SSSR count). The van der Waals surface area contributed by atoms with Gasteiger partial charge in [-0.15, -0.1) is 13.2 Å². The monoisotopic (exact) mass is 402 g/mol. The van der Waals surface area contributed by atoms with Crippen LogP contribution in [0.15, 0.2) is 66.7 Å². The van der Waals surface area contributed by atoms with Crippen LogP contribution in [0.1, 0.15) is 25.3 Å². The number of phenolic OH excluding ortho intramolecular Hbond substituents is 1. The van der Waals surface area contributed by atoms with Crippen molar-refractivity contribution in [3.63, 3.8) is 0 Å². The maximum atomic E-state index is 12.3. The molecule has 3 nitrogen and oxygen atoms in total. The summed E-state index contributed by atoms with van der Waals surface area (Å²) < 4.78 is 46.5. The van der Waals surface area contributed by atoms with Gasteiger partial charge in [0.05, 0.1) is 0 Å². The summed E-state index contributed by atoms with van der Waals surface area (Å²) in [5, 5.41) is 10.1. The van der Waals surface area contributed by atoms with Crippen LogP contribution in [-0.2, 0) is 6.42 Å². The van der Waals surface area contributed by atoms with Crippen molar-refractivity contribution in [1.29, 1.82) is 0 Å². The molecule has 0 fully saturated rings. The zero-order valence-corrected chi connectivity index (χ0v) is 15.9. The van der Waals surface area contributed by atoms with Gasteiger partial charge in [0.1, 0.15) is 11.5 Å². The summed E-state index contributed by atoms with van der Waals surface area (Å²) in [6.07, 6.45) is -1.48. The SMILES string of the molecule is CCCCc1ccc(Oc2cc(-c3ccc(OC(F)(F)F)cc3)ccc2O)cc1. The van der Waals surface area contributed by atoms with Crippen molar-refractivity contribution in [2.75, 3.05) is 0 Å². The van der Waals surface area contributed by atoms with Crippen molar-refractivity contribution < 1.29 is 27.8 Å². The molecular formula is C23H21F3O3. The molecule has 0 unspecified atom stereocenters. The van der Waals surface area contributed by atoms with E-state index in [-0.39, 0.29) is 17.2 Å². The number of hydrogen-bond donors (Lipinski definition) is 1. The summed E-state index contributed by atoms with van der Waals surface area (Å²) in [4.78, 5) is 0. The number of phenols is 1. The van der Waals surface area contributed by atoms with E-state index in [1.165, 1.54) is 35.9 Å². The summed E-state index contributed by atoms with van der Waals surface area (Å²) in [5.41, 5.74) is 2.58. The number of hydrogen-bond acceptors (Lipinski definition) is 3. The van der Waals surface area contributed by atoms with Gasteiger partial charge in [-0.2, -0.15) is 0 Å². The van der Waals surface area contributed by atoms with Gasteiger partial charge in [0.15, 0.2) is 11.5 Å². The third-order valence-electron chi connectivity index (χ3n) is 4.35. The van der Waals surface area contributed by atoms with E-state index in [2.05, 4.69) is 11.7 Å². The van der Waals surface area contributed by atoms with Gasteiger partial charge in [-0.3, -0.25) is 0 Å². The second-order valence-corrected chi connectivity index (χ2v) is 6.60. The van der Waals surface area contributed by atoms with E-state index in [4.69, 9.17) is 4.74 Å². The lowest BCUT2D eigenvalue weighted by molar-refractivity contribution is -0.274. The molecule has 3 aromatic carbocycles. The highest BCUT2D eigenvalue weighted by molar-refractivity contribution is 5.68. The van der Waals surface area contributed by atoms with Crippen LogP contribution >= 0.6 is 0 Å². The highest BCUT2D eigenvalue weighted by Gasteiger charge is 2.30. The van der Waals surface area contributed by atoms with Crippen LogP contribution in [0, 0.1) is 0 Å². The Bertz CT molecular complexity index is 933. The average Bonchev–Trinajstić information content (AvgIpc) is 2.68. The number of aromatic hydroxyl groups is 1. The van der Waals surface area contributed by atoms with Crippen molar-refractivity contribution in [3.8, 4) is 34.1 Å². The Labute approximate surface area is 167 Å². The van der Waals surface area contributed by atoms with Gasteiger partial charge in [0.2, 0.25) is 0 Å². The molecule has 1 N–H and O–H groups in total. The van der Waals surface area contributed by atoms with Gasteiger partial charge in [0.25, 0.3) is 0 Å². The van der Waals surface area contributed by atoms with Crippen LogP contribution in [0.3, 0.4) is 0 Å². The zero-order valence-electron chi connectivity index (χ0n) is 15.9. The molecule has 3 aromatic rings. The minimum atomic E-state index is -4.73. The molecular weight excluding hydrogens is 381 g/mol. The van der Waals surface area contributed by atoms with Crippen molar-refractivity contribution in [2.24, 2.45) is 0 Å². The second kappa shape index (κ2) is 8.90. The fourth-order valence-electron chi connectivity index (χ4n) is 2.86. The first-order chi connectivity index (χ1) is 13.8. The summed E-state index contributed by atoms with van der Waals surface area (Å²) in [6.45, 7) is 2.14. The van der Waals surface area contributed by atoms with E-state index >= 15 is 0 Å². The van der Waals surface area contributed by atoms with Gasteiger partial charge < -0.3 is 14.6 Å². The largest absolute Gasteiger partial charge is 0.573 e. The van der Waals surface area contributed by atoms with Gasteiger partial charge in [0, 0.05) is 0 Å². The molecule has 0 aliphatic rings. The fraction of sp³-hybridized carbons (Fsp3) is 0.217. The van der Waals surface area contributed by atoms with Gasteiger partial charge in [-0.25, -0.2) is 0 Å². The summed E-state index contributed by atoms with van der Waals surface area (Å²) in [6, 6.07) is 18.0. The number of unbranched alkanes of at least 4 members (excludes halogenated alkanes) is 1. The lowest BCUT2D eigenvalue weighted by Crippen LogP contribution is -2.16. The lowest BCUT2D eigenvalue weighted by Gasteiger charge is -2.12. The molecule has 152 valence electrons. The highest BCUT2D eigenvalue weighted by atomic mass is 19.4. The smallest absolute Gasteiger partial charge is 0.504 e. The third-order valence-corrected chi connectivity index (χ3v) is 4.35. The van der Waals surface area contributed by atoms with Crippen molar-refractivity contribution in [2.45, 2.75) is 32.5 Å². The summed E-state index contributed by atoms with van der Waals surface area (Å²) >= 11 is 0. The van der Waals surface area contributed by atoms with E-state index in [0.717, 1.165) is 19.3 Å². The zero-order chi connectivity index (χ0) is 20.9. The molecule has 0 saturated carbocycles. The first-order valence-electron chi connectivity index (χ1n) is 9.30. The van der Waals surface area contributed by atoms with E-state index in [0.29, 0.717) is 16.9 Å². The second-order valence-electron chi connectivity index (χ2n) is 6.60. The Kier molecular flexibility index (Phi) is 6.32. The van der Waals surface area contributed by atoms with Crippen LogP contribution < -0.4 is 9.47 Å². The topological polar surface area (TPSA) is 38.7 Å². The molecule has 0 heterocycles. The Hall–Kier alpha value is -3.15. The minimum Gasteiger partial charge on any atom is -0.504 e. The first kappa shape index (κ1) is 20.6. The van der Waals surface area contributed by atoms with Crippen LogP contribution in [0.5, 0.6) is 23.0 Å². The van der Waals surface area contributed by atoms with Crippen molar-refractivity contribution in [3.05, 3.63) is 72.3 Å². The average molecular weight is 402 g/mol. The predicted octanol–water partition coefficient (Wildman–Crippen LogP) is 7.09. The quantitative estimate of drug-likeness (QED) is 0.458. The molecule has 0 atom stereocenters. The molecule has 6 heteroatoms. The van der Waals surface area contributed by atoms with Crippen LogP contribution in [0.2, 0.25) is 0 Å². The maximum Gasteiger partial charge on any atom is 0.573 e. The van der Waals surface area contributed by atoms with Crippen LogP contribution in [-0.4, -0.2) is 11.5 Å². The Morgan fingerprint density at radius 3 is 2.07 bits per heavy atom. The molecule has 0 bridgehead atoms. The molecule has 0 aliphatic carbocycles. The Morgan fingerprint density at radius 1 is 0.828 bits per heavy atom. The molecule has 0 aliphatic heterocycles. The van der Waals surface area contributed by atoms with Gasteiger partial charge in [-0.1, -0.05) is 43.7 Å². The van der Waals surface area contributed by atoms with Gasteiger partial charge >= 0.3 is 6.36 Å². The fourth-order valence-corrected chi connectivity index (χ4v) is 2.86. The van der Waals surface area contributed by atoms with Crippen LogP contribution in [0.25, 0.3) is 11.1 Å². The Morgan fingerprint density at radius 2 is 1.45 bits per heavy atom. The third kappa shape index (κ3) is 5.91. The van der Waals surface area contributed by atoms with Gasteiger partial charge in [-0.05, 0) is 65.9 Å². The highest BCUT2D eigenvalue weighted by Crippen LogP contribution is 2.35. The Balaban J connectivity index is 1.76. The molecule has 0 radical (unpaired) electrons. The standard InChI is InChI=1S/C23H21F3O3/c1-2-3-4-16-5-10-19(11-6-16)28-22-15-18(9-14-21(22)27)17-7-12-20(13-8-17)29-23(24,25)26/h5-15,27H,2-4H2,1H3. The van der Waals surface area contributed by atoms with E-state index < -0.39 is 6.36 Å². The lowest BCUT2D eigenvalue weighted by atomic mass is 10.0. The normalized spacial score (nSPS) is 11.3. The number of benzene rings is 3. The van der Waals surface area contributed by atoms with Crippen molar-refractivity contribution >= 4 is 0 Å². The number of alkyl halides is 3. The molecule has 0 spiro atoms. The molecule has 0 saturated heterocycles.